The van der Waals surface area contributed by atoms with E-state index in [9.17, 15) is 13.6 Å². The van der Waals surface area contributed by atoms with Gasteiger partial charge in [-0.25, -0.2) is 23.7 Å². The van der Waals surface area contributed by atoms with Crippen LogP contribution in [0.1, 0.15) is 50.4 Å². The number of hydrogen-bond donors (Lipinski definition) is 2. The van der Waals surface area contributed by atoms with E-state index in [4.69, 9.17) is 27.1 Å². The Hall–Kier alpha value is -2.85. The van der Waals surface area contributed by atoms with Gasteiger partial charge in [0.05, 0.1) is 16.9 Å². The van der Waals surface area contributed by atoms with E-state index in [2.05, 4.69) is 15.3 Å². The number of carbonyl (C=O) groups excluding carboxylic acids is 1. The fourth-order valence-electron chi connectivity index (χ4n) is 5.02. The van der Waals surface area contributed by atoms with Crippen LogP contribution < -0.4 is 11.1 Å². The van der Waals surface area contributed by atoms with Crippen molar-refractivity contribution in [2.24, 2.45) is 17.6 Å². The predicted octanol–water partition coefficient (Wildman–Crippen LogP) is 4.69. The van der Waals surface area contributed by atoms with Crippen molar-refractivity contribution in [1.82, 2.24) is 19.5 Å². The first-order chi connectivity index (χ1) is 16.9. The zero-order valence-electron chi connectivity index (χ0n) is 19.1. The van der Waals surface area contributed by atoms with E-state index in [0.717, 1.165) is 44.4 Å². The number of anilines is 2. The maximum atomic E-state index is 14.5. The maximum absolute atomic E-state index is 14.5. The van der Waals surface area contributed by atoms with Gasteiger partial charge < -0.3 is 15.8 Å². The van der Waals surface area contributed by atoms with Crippen molar-refractivity contribution in [3.05, 3.63) is 40.8 Å². The van der Waals surface area contributed by atoms with Crippen molar-refractivity contribution in [2.75, 3.05) is 18.5 Å². The lowest BCUT2D eigenvalue weighted by molar-refractivity contribution is -0.122. The second kappa shape index (κ2) is 10.0. The van der Waals surface area contributed by atoms with E-state index < -0.39 is 11.6 Å². The summed E-state index contributed by atoms with van der Waals surface area (Å²) in [6, 6.07) is 1.91. The highest BCUT2D eigenvalue weighted by atomic mass is 35.5. The highest BCUT2D eigenvalue weighted by Crippen LogP contribution is 2.37. The van der Waals surface area contributed by atoms with Crippen LogP contribution in [0.5, 0.6) is 0 Å². The molecule has 0 radical (unpaired) electrons. The summed E-state index contributed by atoms with van der Waals surface area (Å²) >= 11 is 5.89. The van der Waals surface area contributed by atoms with Gasteiger partial charge in [0.1, 0.15) is 23.0 Å². The number of rotatable bonds is 6. The molecule has 11 heteroatoms. The molecule has 3 N–H and O–H groups in total. The molecule has 2 aliphatic rings. The lowest BCUT2D eigenvalue weighted by atomic mass is 9.85. The first-order valence-corrected chi connectivity index (χ1v) is 12.3. The molecule has 5 rings (SSSR count). The number of ether oxygens (including phenoxy) is 1. The molecule has 1 aromatic carbocycles. The van der Waals surface area contributed by atoms with Crippen LogP contribution in [0.15, 0.2) is 18.3 Å². The summed E-state index contributed by atoms with van der Waals surface area (Å²) in [5.74, 6) is -0.533. The van der Waals surface area contributed by atoms with Crippen LogP contribution in [0.25, 0.3) is 11.2 Å². The molecule has 1 aliphatic carbocycles. The third kappa shape index (κ3) is 5.08. The molecule has 2 aromatic heterocycles. The summed E-state index contributed by atoms with van der Waals surface area (Å²) in [6.45, 7) is 1.49. The number of nitrogens with two attached hydrogens (primary N) is 1. The van der Waals surface area contributed by atoms with Gasteiger partial charge in [-0.1, -0.05) is 11.6 Å². The number of nitrogens with zero attached hydrogens (tertiary/aromatic N) is 4. The highest BCUT2D eigenvalue weighted by Gasteiger charge is 2.29. The van der Waals surface area contributed by atoms with Gasteiger partial charge in [0.25, 0.3) is 0 Å². The van der Waals surface area contributed by atoms with Gasteiger partial charge in [-0.15, -0.1) is 0 Å². The van der Waals surface area contributed by atoms with Crippen LogP contribution in [0.4, 0.5) is 20.4 Å². The van der Waals surface area contributed by atoms with E-state index in [1.54, 1.807) is 6.20 Å². The van der Waals surface area contributed by atoms with Crippen LogP contribution in [0.3, 0.4) is 0 Å². The second-order valence-electron chi connectivity index (χ2n) is 9.34. The van der Waals surface area contributed by atoms with Gasteiger partial charge in [0.15, 0.2) is 5.65 Å². The van der Waals surface area contributed by atoms with Gasteiger partial charge in [0.2, 0.25) is 11.9 Å². The molecule has 0 bridgehead atoms. The molecule has 8 nitrogen and oxygen atoms in total. The Morgan fingerprint density at radius 3 is 2.57 bits per heavy atom. The Morgan fingerprint density at radius 1 is 1.11 bits per heavy atom. The fourth-order valence-corrected chi connectivity index (χ4v) is 5.19. The minimum absolute atomic E-state index is 0.00849. The van der Waals surface area contributed by atoms with E-state index >= 15 is 0 Å². The number of primary amides is 1. The quantitative estimate of drug-likeness (QED) is 0.472. The Morgan fingerprint density at radius 2 is 1.86 bits per heavy atom. The van der Waals surface area contributed by atoms with Crippen LogP contribution in [-0.2, 0) is 16.0 Å². The zero-order valence-corrected chi connectivity index (χ0v) is 19.9. The first kappa shape index (κ1) is 23.9. The number of imidazole rings is 1. The largest absolute Gasteiger partial charge is 0.381 e. The Bertz CT molecular complexity index is 1240. The van der Waals surface area contributed by atoms with Crippen molar-refractivity contribution in [1.29, 1.82) is 0 Å². The molecule has 0 spiro atoms. The predicted molar refractivity (Wildman–Crippen MR) is 127 cm³/mol. The normalized spacial score (nSPS) is 21.3. The van der Waals surface area contributed by atoms with Gasteiger partial charge >= 0.3 is 0 Å². The highest BCUT2D eigenvalue weighted by molar-refractivity contribution is 6.31. The van der Waals surface area contributed by atoms with Crippen molar-refractivity contribution in [3.63, 3.8) is 0 Å². The molecule has 1 aliphatic heterocycles. The zero-order chi connectivity index (χ0) is 24.5. The minimum atomic E-state index is -0.836. The summed E-state index contributed by atoms with van der Waals surface area (Å²) in [4.78, 5) is 25.7. The van der Waals surface area contributed by atoms with E-state index in [0.29, 0.717) is 48.7 Å². The molecule has 3 heterocycles. The third-order valence-corrected chi connectivity index (χ3v) is 7.31. The Kier molecular flexibility index (Phi) is 6.84. The maximum Gasteiger partial charge on any atom is 0.220 e. The smallest absolute Gasteiger partial charge is 0.220 e. The van der Waals surface area contributed by atoms with E-state index in [1.807, 2.05) is 4.57 Å². The molecule has 35 heavy (non-hydrogen) atoms. The molecule has 1 saturated carbocycles. The van der Waals surface area contributed by atoms with E-state index in [-0.39, 0.29) is 28.6 Å². The van der Waals surface area contributed by atoms with Crippen LogP contribution in [-0.4, -0.2) is 38.6 Å². The number of aromatic nitrogens is 4. The SMILES string of the molecule is NC(=O)C1CCC(n2c(Nc3cc(Cl)c(F)cc3F)nc3cnc(CC4CCOCC4)nc32)CC1. The average molecular weight is 505 g/mol. The van der Waals surface area contributed by atoms with Crippen LogP contribution >= 0.6 is 11.6 Å². The van der Waals surface area contributed by atoms with E-state index in [1.165, 1.54) is 6.07 Å². The van der Waals surface area contributed by atoms with Gasteiger partial charge in [-0.3, -0.25) is 9.36 Å². The number of hydrogen-bond acceptors (Lipinski definition) is 6. The number of carbonyl (C=O) groups is 1. The molecular weight excluding hydrogens is 478 g/mol. The number of halogens is 3. The van der Waals surface area contributed by atoms with Crippen molar-refractivity contribution >= 4 is 40.3 Å². The topological polar surface area (TPSA) is 108 Å². The van der Waals surface area contributed by atoms with Gasteiger partial charge in [-0.2, -0.15) is 0 Å². The lowest BCUT2D eigenvalue weighted by Crippen LogP contribution is -2.29. The van der Waals surface area contributed by atoms with Crippen molar-refractivity contribution < 1.29 is 18.3 Å². The molecule has 1 amide bonds. The summed E-state index contributed by atoms with van der Waals surface area (Å²) in [5, 5.41) is 2.78. The Labute approximate surface area is 206 Å². The molecule has 3 aromatic rings. The summed E-state index contributed by atoms with van der Waals surface area (Å²) in [6.07, 6.45) is 7.04. The van der Waals surface area contributed by atoms with Crippen molar-refractivity contribution in [3.8, 4) is 0 Å². The molecule has 1 saturated heterocycles. The number of fused-ring (bicyclic) bond motifs is 1. The number of nitrogens with one attached hydrogen (secondary N) is 1. The lowest BCUT2D eigenvalue weighted by Gasteiger charge is -2.29. The minimum Gasteiger partial charge on any atom is -0.381 e. The van der Waals surface area contributed by atoms with Crippen LogP contribution in [0.2, 0.25) is 5.02 Å². The second-order valence-corrected chi connectivity index (χ2v) is 9.75. The molecule has 0 atom stereocenters. The summed E-state index contributed by atoms with van der Waals surface area (Å²) in [7, 11) is 0. The summed E-state index contributed by atoms with van der Waals surface area (Å²) in [5.41, 5.74) is 6.73. The summed E-state index contributed by atoms with van der Waals surface area (Å²) < 4.78 is 35.6. The first-order valence-electron chi connectivity index (χ1n) is 11.9. The molecule has 186 valence electrons. The van der Waals surface area contributed by atoms with Gasteiger partial charge in [0, 0.05) is 37.7 Å². The monoisotopic (exact) mass is 504 g/mol. The molecule has 0 unspecified atom stereocenters. The van der Waals surface area contributed by atoms with Gasteiger partial charge in [-0.05, 0) is 50.5 Å². The third-order valence-electron chi connectivity index (χ3n) is 7.02. The van der Waals surface area contributed by atoms with Crippen LogP contribution in [0, 0.1) is 23.5 Å². The number of benzene rings is 1. The average Bonchev–Trinajstić information content (AvgIpc) is 3.20. The fraction of sp³-hybridized carbons (Fsp3) is 0.500. The molecular formula is C24H27ClF2N6O2. The Balaban J connectivity index is 1.51. The van der Waals surface area contributed by atoms with Crippen molar-refractivity contribution in [2.45, 2.75) is 51.0 Å². The standard InChI is InChI=1S/C24H27ClF2N6O2/c25-16-10-19(18(27)11-17(16)26)30-24-31-20-12-29-21(9-13-5-7-35-8-6-13)32-23(20)33(24)15-3-1-14(2-4-15)22(28)34/h10-15H,1-9H2,(H2,28,34)(H,30,31). The molecule has 2 fully saturated rings. The number of amides is 1.